The van der Waals surface area contributed by atoms with E-state index in [0.29, 0.717) is 43.2 Å². The van der Waals surface area contributed by atoms with Gasteiger partial charge in [0.2, 0.25) is 0 Å². The van der Waals surface area contributed by atoms with Gasteiger partial charge in [-0.3, -0.25) is 14.4 Å². The lowest BCUT2D eigenvalue weighted by molar-refractivity contribution is -0.192. The Kier molecular flexibility index (Phi) is 14.0. The van der Waals surface area contributed by atoms with Crippen LogP contribution in [0.1, 0.15) is 77.0 Å². The minimum absolute atomic E-state index is 0.00359. The number of hydrogen-bond acceptors (Lipinski definition) is 9. The summed E-state index contributed by atoms with van der Waals surface area (Å²) in [6.07, 6.45) is 10.0. The Labute approximate surface area is 259 Å². The number of ether oxygens (including phenoxy) is 6. The summed E-state index contributed by atoms with van der Waals surface area (Å²) < 4.78 is 35.0. The van der Waals surface area contributed by atoms with Gasteiger partial charge < -0.3 is 28.4 Å². The van der Waals surface area contributed by atoms with Gasteiger partial charge in [0, 0.05) is 55.8 Å². The van der Waals surface area contributed by atoms with Crippen LogP contribution in [0.2, 0.25) is 5.02 Å². The molecule has 4 rings (SSSR count). The van der Waals surface area contributed by atoms with E-state index in [1.165, 1.54) is 7.11 Å². The van der Waals surface area contributed by atoms with Gasteiger partial charge in [-0.25, -0.2) is 0 Å². The lowest BCUT2D eigenvalue weighted by atomic mass is 9.88. The van der Waals surface area contributed by atoms with Gasteiger partial charge in [-0.15, -0.1) is 0 Å². The summed E-state index contributed by atoms with van der Waals surface area (Å²) >= 11 is 6.14. The van der Waals surface area contributed by atoms with Crippen LogP contribution in [0.5, 0.6) is 5.75 Å². The van der Waals surface area contributed by atoms with Crippen molar-refractivity contribution in [3.63, 3.8) is 0 Å². The highest BCUT2D eigenvalue weighted by Gasteiger charge is 2.43. The lowest BCUT2D eigenvalue weighted by Crippen LogP contribution is -2.32. The summed E-state index contributed by atoms with van der Waals surface area (Å²) in [5, 5.41) is 0.577. The fourth-order valence-corrected chi connectivity index (χ4v) is 5.98. The molecule has 0 spiro atoms. The zero-order chi connectivity index (χ0) is 30.4. The van der Waals surface area contributed by atoms with Crippen LogP contribution >= 0.6 is 11.6 Å². The van der Waals surface area contributed by atoms with E-state index in [1.54, 1.807) is 12.1 Å². The number of esters is 1. The molecule has 2 unspecified atom stereocenters. The number of Topliss-reactive ketones (excluding diaryl/α,β-unsaturated/α-hetero) is 2. The van der Waals surface area contributed by atoms with E-state index in [2.05, 4.69) is 4.74 Å². The van der Waals surface area contributed by atoms with Crippen LogP contribution in [0.15, 0.2) is 36.4 Å². The minimum Gasteiger partial charge on any atom is -0.490 e. The molecular formula is C33H45ClO9. The predicted molar refractivity (Wildman–Crippen MR) is 160 cm³/mol. The third-order valence-electron chi connectivity index (χ3n) is 8.16. The topological polar surface area (TPSA) is 107 Å². The SMILES string of the molecule is COC(=O)CCCCC(=O)C[C@H]1C(=O)C[C@@H](OC2CCCCO2)[C@@H]1C=C[C@@H](COc1cccc(Cl)c1)OC1CCCCO1. The molecule has 0 bridgehead atoms. The number of ketones is 2. The first-order chi connectivity index (χ1) is 20.9. The van der Waals surface area contributed by atoms with Crippen molar-refractivity contribution in [2.45, 2.75) is 102 Å². The van der Waals surface area contributed by atoms with E-state index >= 15 is 0 Å². The Morgan fingerprint density at radius 2 is 1.79 bits per heavy atom. The molecule has 3 fully saturated rings. The predicted octanol–water partition coefficient (Wildman–Crippen LogP) is 6.00. The first-order valence-electron chi connectivity index (χ1n) is 15.6. The van der Waals surface area contributed by atoms with Crippen molar-refractivity contribution >= 4 is 29.1 Å². The van der Waals surface area contributed by atoms with Gasteiger partial charge in [0.1, 0.15) is 30.0 Å². The second-order valence-electron chi connectivity index (χ2n) is 11.5. The van der Waals surface area contributed by atoms with Gasteiger partial charge in [-0.2, -0.15) is 0 Å². The van der Waals surface area contributed by atoms with Crippen molar-refractivity contribution in [3.05, 3.63) is 41.4 Å². The average Bonchev–Trinajstić information content (AvgIpc) is 3.30. The Morgan fingerprint density at radius 3 is 2.49 bits per heavy atom. The molecule has 1 saturated carbocycles. The zero-order valence-electron chi connectivity index (χ0n) is 25.1. The van der Waals surface area contributed by atoms with Crippen LogP contribution in [0, 0.1) is 11.8 Å². The van der Waals surface area contributed by atoms with E-state index < -0.39 is 18.1 Å². The van der Waals surface area contributed by atoms with Crippen molar-refractivity contribution in [2.75, 3.05) is 26.9 Å². The molecule has 238 valence electrons. The van der Waals surface area contributed by atoms with Crippen LogP contribution in [-0.2, 0) is 38.1 Å². The third kappa shape index (κ3) is 11.3. The number of rotatable bonds is 16. The Bertz CT molecular complexity index is 1060. The Balaban J connectivity index is 1.46. The average molecular weight is 621 g/mol. The van der Waals surface area contributed by atoms with Crippen molar-refractivity contribution in [1.82, 2.24) is 0 Å². The molecule has 9 nitrogen and oxygen atoms in total. The van der Waals surface area contributed by atoms with Crippen LogP contribution < -0.4 is 4.74 Å². The zero-order valence-corrected chi connectivity index (χ0v) is 25.8. The monoisotopic (exact) mass is 620 g/mol. The molecule has 6 atom stereocenters. The fraction of sp³-hybridized carbons (Fsp3) is 0.667. The molecule has 1 aromatic carbocycles. The first kappa shape index (κ1) is 33.6. The van der Waals surface area contributed by atoms with Crippen LogP contribution in [0.25, 0.3) is 0 Å². The van der Waals surface area contributed by atoms with Crippen LogP contribution in [0.4, 0.5) is 0 Å². The molecule has 43 heavy (non-hydrogen) atoms. The van der Waals surface area contributed by atoms with Crippen LogP contribution in [-0.4, -0.2) is 69.3 Å². The number of carbonyl (C=O) groups excluding carboxylic acids is 3. The molecule has 10 heteroatoms. The number of unbranched alkanes of at least 4 members (excludes halogenated alkanes) is 1. The summed E-state index contributed by atoms with van der Waals surface area (Å²) in [7, 11) is 1.35. The number of halogens is 1. The van der Waals surface area contributed by atoms with Gasteiger partial charge in [0.25, 0.3) is 0 Å². The molecule has 0 amide bonds. The Morgan fingerprint density at radius 1 is 1.05 bits per heavy atom. The maximum Gasteiger partial charge on any atom is 0.305 e. The van der Waals surface area contributed by atoms with Gasteiger partial charge in [0.05, 0.1) is 13.2 Å². The molecular weight excluding hydrogens is 576 g/mol. The Hall–Kier alpha value is -2.30. The molecule has 1 aliphatic carbocycles. The molecule has 0 radical (unpaired) electrons. The quantitative estimate of drug-likeness (QED) is 0.125. The summed E-state index contributed by atoms with van der Waals surface area (Å²) in [5.41, 5.74) is 0. The van der Waals surface area contributed by atoms with Gasteiger partial charge in [0.15, 0.2) is 12.6 Å². The number of methoxy groups -OCH3 is 1. The minimum atomic E-state index is -0.502. The summed E-state index contributed by atoms with van der Waals surface area (Å²) in [6.45, 7) is 1.50. The van der Waals surface area contributed by atoms with Gasteiger partial charge in [-0.1, -0.05) is 29.8 Å². The van der Waals surface area contributed by atoms with E-state index in [4.69, 9.17) is 35.3 Å². The standard InChI is InChI=1S/C33H45ClO9/c1-38-31(37)12-3-2-10-24(35)20-28-27(30(21-29(28)36)43-33-14-5-7-18-40-33)16-15-26(42-32-13-4-6-17-39-32)22-41-25-11-8-9-23(34)19-25/h8-9,11,15-16,19,26-28,30,32-33H,2-7,10,12-14,17-18,20-22H2,1H3/t26-,27+,28+,30+,32?,33?/m0/s1. The fourth-order valence-electron chi connectivity index (χ4n) is 5.80. The number of hydrogen-bond donors (Lipinski definition) is 0. The van der Waals surface area contributed by atoms with E-state index in [0.717, 1.165) is 38.5 Å². The van der Waals surface area contributed by atoms with Crippen LogP contribution in [0.3, 0.4) is 0 Å². The van der Waals surface area contributed by atoms with Crippen molar-refractivity contribution in [1.29, 1.82) is 0 Å². The summed E-state index contributed by atoms with van der Waals surface area (Å²) in [4.78, 5) is 37.6. The highest BCUT2D eigenvalue weighted by molar-refractivity contribution is 6.30. The summed E-state index contributed by atoms with van der Waals surface area (Å²) in [5.74, 6) is -0.463. The molecule has 0 N–H and O–H groups in total. The molecule has 2 aliphatic heterocycles. The molecule has 2 heterocycles. The maximum absolute atomic E-state index is 13.3. The lowest BCUT2D eigenvalue weighted by Gasteiger charge is -2.29. The van der Waals surface area contributed by atoms with E-state index in [9.17, 15) is 14.4 Å². The van der Waals surface area contributed by atoms with Gasteiger partial charge in [-0.05, 0) is 69.6 Å². The first-order valence-corrected chi connectivity index (χ1v) is 16.0. The van der Waals surface area contributed by atoms with Crippen molar-refractivity contribution < 1.29 is 42.8 Å². The molecule has 0 aromatic heterocycles. The maximum atomic E-state index is 13.3. The van der Waals surface area contributed by atoms with E-state index in [1.807, 2.05) is 24.3 Å². The highest BCUT2D eigenvalue weighted by Crippen LogP contribution is 2.37. The second kappa shape index (κ2) is 17.9. The summed E-state index contributed by atoms with van der Waals surface area (Å²) in [6, 6.07) is 7.19. The molecule has 2 saturated heterocycles. The highest BCUT2D eigenvalue weighted by atomic mass is 35.5. The van der Waals surface area contributed by atoms with Gasteiger partial charge >= 0.3 is 5.97 Å². The second-order valence-corrected chi connectivity index (χ2v) is 11.9. The molecule has 1 aromatic rings. The largest absolute Gasteiger partial charge is 0.490 e. The smallest absolute Gasteiger partial charge is 0.305 e. The number of benzene rings is 1. The van der Waals surface area contributed by atoms with Crippen molar-refractivity contribution in [2.24, 2.45) is 11.8 Å². The third-order valence-corrected chi connectivity index (χ3v) is 8.39. The van der Waals surface area contributed by atoms with Crippen molar-refractivity contribution in [3.8, 4) is 5.75 Å². The van der Waals surface area contributed by atoms with E-state index in [-0.39, 0.29) is 61.9 Å². The normalized spacial score (nSPS) is 26.8. The molecule has 3 aliphatic rings. The number of carbonyl (C=O) groups is 3.